The van der Waals surface area contributed by atoms with Gasteiger partial charge in [0.15, 0.2) is 5.43 Å². The molecular weight excluding hydrogens is 448 g/mol. The third-order valence-corrected chi connectivity index (χ3v) is 5.89. The van der Waals surface area contributed by atoms with Crippen molar-refractivity contribution in [3.63, 3.8) is 0 Å². The van der Waals surface area contributed by atoms with E-state index in [0.717, 1.165) is 47.4 Å². The highest BCUT2D eigenvalue weighted by atomic mass is 79.9. The van der Waals surface area contributed by atoms with Gasteiger partial charge in [-0.3, -0.25) is 9.69 Å². The Bertz CT molecular complexity index is 1110. The number of para-hydroxylation sites is 1. The molecule has 0 amide bonds. The SMILES string of the molecule is CCOC(=O)c1ccc(N2CCN(Cn3ccc(=O)c4cccc(Br)c43)CC2)nc1. The van der Waals surface area contributed by atoms with Crippen LogP contribution in [-0.2, 0) is 11.4 Å². The second-order valence-corrected chi connectivity index (χ2v) is 8.01. The number of halogens is 1. The van der Waals surface area contributed by atoms with Crippen LogP contribution in [0.25, 0.3) is 10.9 Å². The molecule has 0 unspecified atom stereocenters. The third kappa shape index (κ3) is 4.24. The van der Waals surface area contributed by atoms with E-state index in [0.29, 0.717) is 18.8 Å². The fourth-order valence-corrected chi connectivity index (χ4v) is 4.28. The fraction of sp³-hybridized carbons (Fsp3) is 0.318. The van der Waals surface area contributed by atoms with Crippen LogP contribution >= 0.6 is 15.9 Å². The number of anilines is 1. The highest BCUT2D eigenvalue weighted by molar-refractivity contribution is 9.10. The van der Waals surface area contributed by atoms with Crippen LogP contribution in [0.5, 0.6) is 0 Å². The summed E-state index contributed by atoms with van der Waals surface area (Å²) in [7, 11) is 0. The second kappa shape index (κ2) is 8.97. The summed E-state index contributed by atoms with van der Waals surface area (Å²) in [6.07, 6.45) is 3.43. The molecule has 3 heterocycles. The number of carbonyl (C=O) groups is 1. The Kier molecular flexibility index (Phi) is 6.15. The molecular formula is C22H23BrN4O3. The second-order valence-electron chi connectivity index (χ2n) is 7.16. The molecule has 1 saturated heterocycles. The molecule has 4 rings (SSSR count). The summed E-state index contributed by atoms with van der Waals surface area (Å²) in [5.74, 6) is 0.514. The molecule has 0 spiro atoms. The zero-order valence-electron chi connectivity index (χ0n) is 16.8. The lowest BCUT2D eigenvalue weighted by Crippen LogP contribution is -2.47. The standard InChI is InChI=1S/C22H23BrN4O3/c1-2-30-22(29)16-6-7-20(24-14-16)26-12-10-25(11-13-26)15-27-9-8-19(28)17-4-3-5-18(23)21(17)27/h3-9,14H,2,10-13,15H2,1H3. The summed E-state index contributed by atoms with van der Waals surface area (Å²) in [4.78, 5) is 33.0. The molecule has 1 aliphatic heterocycles. The molecule has 30 heavy (non-hydrogen) atoms. The molecule has 8 heteroatoms. The average molecular weight is 471 g/mol. The monoisotopic (exact) mass is 470 g/mol. The molecule has 1 aromatic carbocycles. The Morgan fingerprint density at radius 2 is 1.93 bits per heavy atom. The van der Waals surface area contributed by atoms with E-state index >= 15 is 0 Å². The minimum Gasteiger partial charge on any atom is -0.462 e. The summed E-state index contributed by atoms with van der Waals surface area (Å²) in [5, 5.41) is 0.719. The summed E-state index contributed by atoms with van der Waals surface area (Å²) >= 11 is 3.58. The highest BCUT2D eigenvalue weighted by Crippen LogP contribution is 2.22. The number of benzene rings is 1. The van der Waals surface area contributed by atoms with Gasteiger partial charge in [-0.25, -0.2) is 9.78 Å². The van der Waals surface area contributed by atoms with Crippen LogP contribution in [-0.4, -0.2) is 53.2 Å². The molecule has 1 fully saturated rings. The summed E-state index contributed by atoms with van der Waals surface area (Å²) in [6.45, 7) is 6.27. The summed E-state index contributed by atoms with van der Waals surface area (Å²) in [5.41, 5.74) is 1.42. The predicted molar refractivity (Wildman–Crippen MR) is 120 cm³/mol. The number of hydrogen-bond donors (Lipinski definition) is 0. The molecule has 0 N–H and O–H groups in total. The number of fused-ring (bicyclic) bond motifs is 1. The van der Waals surface area contributed by atoms with Gasteiger partial charge < -0.3 is 14.2 Å². The van der Waals surface area contributed by atoms with E-state index in [-0.39, 0.29) is 11.4 Å². The smallest absolute Gasteiger partial charge is 0.339 e. The van der Waals surface area contributed by atoms with E-state index in [1.807, 2.05) is 30.5 Å². The average Bonchev–Trinajstić information content (AvgIpc) is 2.77. The maximum Gasteiger partial charge on any atom is 0.339 e. The molecule has 7 nitrogen and oxygen atoms in total. The number of aromatic nitrogens is 2. The maximum absolute atomic E-state index is 12.2. The van der Waals surface area contributed by atoms with Gasteiger partial charge in [-0.1, -0.05) is 6.07 Å². The van der Waals surface area contributed by atoms with E-state index in [1.165, 1.54) is 0 Å². The Morgan fingerprint density at radius 3 is 2.63 bits per heavy atom. The van der Waals surface area contributed by atoms with Crippen molar-refractivity contribution < 1.29 is 9.53 Å². The normalized spacial score (nSPS) is 14.8. The van der Waals surface area contributed by atoms with Crippen LogP contribution in [0, 0.1) is 0 Å². The number of rotatable bonds is 5. The molecule has 0 saturated carbocycles. The zero-order chi connectivity index (χ0) is 21.1. The van der Waals surface area contributed by atoms with Crippen molar-refractivity contribution in [2.75, 3.05) is 37.7 Å². The van der Waals surface area contributed by atoms with Crippen LogP contribution in [0.2, 0.25) is 0 Å². The van der Waals surface area contributed by atoms with Gasteiger partial charge in [0.2, 0.25) is 0 Å². The fourth-order valence-electron chi connectivity index (χ4n) is 3.69. The van der Waals surface area contributed by atoms with Crippen LogP contribution in [0.15, 0.2) is 58.1 Å². The first kappa shape index (κ1) is 20.6. The minimum absolute atomic E-state index is 0.0321. The molecule has 1 aliphatic rings. The molecule has 0 bridgehead atoms. The maximum atomic E-state index is 12.2. The van der Waals surface area contributed by atoms with Gasteiger partial charge in [-0.15, -0.1) is 0 Å². The topological polar surface area (TPSA) is 67.7 Å². The van der Waals surface area contributed by atoms with E-state index in [4.69, 9.17) is 4.74 Å². The number of pyridine rings is 2. The predicted octanol–water partition coefficient (Wildman–Crippen LogP) is 3.12. The molecule has 156 valence electrons. The number of carbonyl (C=O) groups excluding carboxylic acids is 1. The van der Waals surface area contributed by atoms with Gasteiger partial charge >= 0.3 is 5.97 Å². The number of piperazine rings is 1. The van der Waals surface area contributed by atoms with Crippen LogP contribution in [0.3, 0.4) is 0 Å². The molecule has 0 radical (unpaired) electrons. The Balaban J connectivity index is 1.42. The van der Waals surface area contributed by atoms with E-state index in [2.05, 4.69) is 35.3 Å². The Hall–Kier alpha value is -2.71. The van der Waals surface area contributed by atoms with Gasteiger partial charge in [0.25, 0.3) is 0 Å². The van der Waals surface area contributed by atoms with E-state index in [1.54, 1.807) is 25.3 Å². The number of ether oxygens (including phenoxy) is 1. The van der Waals surface area contributed by atoms with Crippen molar-refractivity contribution in [2.24, 2.45) is 0 Å². The van der Waals surface area contributed by atoms with Crippen molar-refractivity contribution in [2.45, 2.75) is 13.6 Å². The van der Waals surface area contributed by atoms with Crippen molar-refractivity contribution in [3.05, 3.63) is 69.1 Å². The van der Waals surface area contributed by atoms with E-state index < -0.39 is 0 Å². The summed E-state index contributed by atoms with van der Waals surface area (Å²) in [6, 6.07) is 11.0. The number of esters is 1. The molecule has 0 atom stereocenters. The van der Waals surface area contributed by atoms with Crippen molar-refractivity contribution in [3.8, 4) is 0 Å². The first-order chi connectivity index (χ1) is 14.6. The van der Waals surface area contributed by atoms with Crippen molar-refractivity contribution >= 4 is 38.6 Å². The van der Waals surface area contributed by atoms with Gasteiger partial charge in [-0.05, 0) is 47.1 Å². The van der Waals surface area contributed by atoms with Gasteiger partial charge in [0.05, 0.1) is 24.4 Å². The minimum atomic E-state index is -0.346. The van der Waals surface area contributed by atoms with Gasteiger partial charge in [0, 0.05) is 54.5 Å². The lowest BCUT2D eigenvalue weighted by Gasteiger charge is -2.36. The quantitative estimate of drug-likeness (QED) is 0.533. The Morgan fingerprint density at radius 1 is 1.13 bits per heavy atom. The molecule has 0 aliphatic carbocycles. The summed E-state index contributed by atoms with van der Waals surface area (Å²) < 4.78 is 8.04. The molecule has 2 aromatic heterocycles. The number of hydrogen-bond acceptors (Lipinski definition) is 6. The lowest BCUT2D eigenvalue weighted by molar-refractivity contribution is 0.0526. The van der Waals surface area contributed by atoms with Crippen LogP contribution in [0.1, 0.15) is 17.3 Å². The lowest BCUT2D eigenvalue weighted by atomic mass is 10.2. The van der Waals surface area contributed by atoms with Gasteiger partial charge in [-0.2, -0.15) is 0 Å². The van der Waals surface area contributed by atoms with Crippen molar-refractivity contribution in [1.82, 2.24) is 14.5 Å². The highest BCUT2D eigenvalue weighted by Gasteiger charge is 2.19. The first-order valence-electron chi connectivity index (χ1n) is 9.95. The van der Waals surface area contributed by atoms with Crippen molar-refractivity contribution in [1.29, 1.82) is 0 Å². The zero-order valence-corrected chi connectivity index (χ0v) is 18.3. The molecule has 3 aromatic rings. The Labute approximate surface area is 183 Å². The largest absolute Gasteiger partial charge is 0.462 e. The third-order valence-electron chi connectivity index (χ3n) is 5.25. The first-order valence-corrected chi connectivity index (χ1v) is 10.7. The van der Waals surface area contributed by atoms with Crippen LogP contribution in [0.4, 0.5) is 5.82 Å². The van der Waals surface area contributed by atoms with E-state index in [9.17, 15) is 9.59 Å². The van der Waals surface area contributed by atoms with Crippen LogP contribution < -0.4 is 10.3 Å². The van der Waals surface area contributed by atoms with Gasteiger partial charge in [0.1, 0.15) is 5.82 Å². The number of nitrogens with zero attached hydrogens (tertiary/aromatic N) is 4.